The zero-order valence-electron chi connectivity index (χ0n) is 25.6. The molecule has 0 aliphatic heterocycles. The fourth-order valence-electron chi connectivity index (χ4n) is 4.56. The predicted molar refractivity (Wildman–Crippen MR) is 158 cm³/mol. The topological polar surface area (TPSA) is 262 Å². The summed E-state index contributed by atoms with van der Waals surface area (Å²) in [4.78, 5) is 82.5. The van der Waals surface area contributed by atoms with Gasteiger partial charge < -0.3 is 44.6 Å². The van der Waals surface area contributed by atoms with Crippen molar-refractivity contribution in [2.45, 2.75) is 40.4 Å². The highest BCUT2D eigenvalue weighted by Gasteiger charge is 2.23. The Kier molecular flexibility index (Phi) is 10.5. The first-order valence-corrected chi connectivity index (χ1v) is 13.9. The SMILES string of the molecule is Cc1ncc([N+](=O)[O-])n1CCOC(=O)c1cc(C(=O)OCCn2c([N+](=O)[O-])cnc2C)cc(C(=O)OCCn2c([N+](=O)[O-])cnc2C)c1. The minimum absolute atomic E-state index is 0.121. The number of esters is 3. The number of benzene rings is 1. The maximum Gasteiger partial charge on any atom is 0.342 e. The van der Waals surface area contributed by atoms with E-state index in [1.807, 2.05) is 0 Å². The van der Waals surface area contributed by atoms with Crippen molar-refractivity contribution < 1.29 is 43.4 Å². The second-order valence-electron chi connectivity index (χ2n) is 9.92. The molecule has 0 aliphatic carbocycles. The summed E-state index contributed by atoms with van der Waals surface area (Å²) >= 11 is 0. The first-order chi connectivity index (χ1) is 22.8. The van der Waals surface area contributed by atoms with E-state index in [1.54, 1.807) is 0 Å². The molecular weight excluding hydrogens is 642 g/mol. The molecule has 4 aromatic rings. The van der Waals surface area contributed by atoms with E-state index >= 15 is 0 Å². The van der Waals surface area contributed by atoms with Crippen LogP contribution in [0.3, 0.4) is 0 Å². The summed E-state index contributed by atoms with van der Waals surface area (Å²) in [6, 6.07) is 3.28. The average Bonchev–Trinajstić information content (AvgIpc) is 3.73. The summed E-state index contributed by atoms with van der Waals surface area (Å²) in [7, 11) is 0. The molecule has 0 saturated carbocycles. The summed E-state index contributed by atoms with van der Waals surface area (Å²) in [5, 5.41) is 33.7. The minimum atomic E-state index is -0.992. The lowest BCUT2D eigenvalue weighted by molar-refractivity contribution is -0.392. The maximum absolute atomic E-state index is 13.0. The van der Waals surface area contributed by atoms with Crippen LogP contribution in [0.25, 0.3) is 0 Å². The molecule has 0 N–H and O–H groups in total. The second kappa shape index (κ2) is 14.7. The Morgan fingerprint density at radius 2 is 0.812 bits per heavy atom. The van der Waals surface area contributed by atoms with Crippen LogP contribution in [0, 0.1) is 51.1 Å². The molecular formula is C27H27N9O12. The molecule has 0 atom stereocenters. The van der Waals surface area contributed by atoms with Crippen LogP contribution in [0.4, 0.5) is 17.5 Å². The molecule has 48 heavy (non-hydrogen) atoms. The van der Waals surface area contributed by atoms with E-state index in [4.69, 9.17) is 14.2 Å². The number of nitro groups is 3. The highest BCUT2D eigenvalue weighted by molar-refractivity contribution is 6.00. The van der Waals surface area contributed by atoms with Crippen molar-refractivity contribution in [2.75, 3.05) is 19.8 Å². The zero-order valence-corrected chi connectivity index (χ0v) is 25.6. The van der Waals surface area contributed by atoms with Crippen LogP contribution in [0.15, 0.2) is 36.8 Å². The molecule has 3 aromatic heterocycles. The number of nitrogens with zero attached hydrogens (tertiary/aromatic N) is 9. The number of ether oxygens (including phenoxy) is 3. The van der Waals surface area contributed by atoms with Gasteiger partial charge in [0.15, 0.2) is 17.5 Å². The number of hydrogen-bond donors (Lipinski definition) is 0. The van der Waals surface area contributed by atoms with E-state index in [2.05, 4.69) is 15.0 Å². The summed E-state index contributed by atoms with van der Waals surface area (Å²) < 4.78 is 19.4. The Morgan fingerprint density at radius 3 is 1.04 bits per heavy atom. The van der Waals surface area contributed by atoms with Gasteiger partial charge in [0.1, 0.15) is 58.0 Å². The number of hydrogen-bond acceptors (Lipinski definition) is 15. The van der Waals surface area contributed by atoms with E-state index in [9.17, 15) is 44.7 Å². The molecule has 21 nitrogen and oxygen atoms in total. The van der Waals surface area contributed by atoms with Crippen LogP contribution >= 0.6 is 0 Å². The largest absolute Gasteiger partial charge is 0.458 e. The van der Waals surface area contributed by atoms with Crippen LogP contribution in [-0.2, 0) is 33.8 Å². The fourth-order valence-corrected chi connectivity index (χ4v) is 4.56. The summed E-state index contributed by atoms with van der Waals surface area (Å²) in [5.41, 5.74) is -0.804. The molecule has 4 rings (SSSR count). The van der Waals surface area contributed by atoms with Gasteiger partial charge in [0, 0.05) is 20.8 Å². The fraction of sp³-hybridized carbons (Fsp3) is 0.333. The van der Waals surface area contributed by atoms with Gasteiger partial charge >= 0.3 is 35.4 Å². The summed E-state index contributed by atoms with van der Waals surface area (Å²) in [5.74, 6) is -3.00. The highest BCUT2D eigenvalue weighted by Crippen LogP contribution is 2.18. The van der Waals surface area contributed by atoms with Crippen molar-refractivity contribution in [1.82, 2.24) is 28.7 Å². The monoisotopic (exact) mass is 669 g/mol. The number of carbonyl (C=O) groups excluding carboxylic acids is 3. The normalized spacial score (nSPS) is 10.8. The summed E-state index contributed by atoms with van der Waals surface area (Å²) in [6.07, 6.45) is 3.17. The number of carbonyl (C=O) groups is 3. The summed E-state index contributed by atoms with van der Waals surface area (Å²) in [6.45, 7) is 3.21. The van der Waals surface area contributed by atoms with Gasteiger partial charge in [0.25, 0.3) is 0 Å². The molecule has 1 aromatic carbocycles. The molecule has 3 heterocycles. The van der Waals surface area contributed by atoms with Crippen LogP contribution in [0.2, 0.25) is 0 Å². The second-order valence-corrected chi connectivity index (χ2v) is 9.92. The van der Waals surface area contributed by atoms with Gasteiger partial charge in [-0.25, -0.2) is 43.0 Å². The first kappa shape index (κ1) is 34.3. The minimum Gasteiger partial charge on any atom is -0.458 e. The Bertz CT molecular complexity index is 1680. The van der Waals surface area contributed by atoms with Gasteiger partial charge in [-0.2, -0.15) is 0 Å². The van der Waals surface area contributed by atoms with E-state index < -0.39 is 32.7 Å². The van der Waals surface area contributed by atoms with Crippen molar-refractivity contribution in [3.8, 4) is 0 Å². The van der Waals surface area contributed by atoms with Gasteiger partial charge in [0.05, 0.1) is 16.7 Å². The van der Waals surface area contributed by atoms with Crippen LogP contribution in [0.1, 0.15) is 48.5 Å². The lowest BCUT2D eigenvalue weighted by Gasteiger charge is -2.11. The van der Waals surface area contributed by atoms with Crippen molar-refractivity contribution in [3.63, 3.8) is 0 Å². The van der Waals surface area contributed by atoms with Gasteiger partial charge in [0.2, 0.25) is 0 Å². The molecule has 0 saturated heterocycles. The first-order valence-electron chi connectivity index (χ1n) is 13.9. The van der Waals surface area contributed by atoms with E-state index in [0.29, 0.717) is 17.5 Å². The molecule has 0 unspecified atom stereocenters. The molecule has 0 radical (unpaired) electrons. The molecule has 0 spiro atoms. The van der Waals surface area contributed by atoms with Gasteiger partial charge in [-0.05, 0) is 33.0 Å². The highest BCUT2D eigenvalue weighted by atomic mass is 16.6. The quantitative estimate of drug-likeness (QED) is 0.0761. The third-order valence-corrected chi connectivity index (χ3v) is 6.95. The van der Waals surface area contributed by atoms with Crippen LogP contribution in [-0.4, -0.2) is 81.2 Å². The van der Waals surface area contributed by atoms with Crippen LogP contribution < -0.4 is 0 Å². The smallest absolute Gasteiger partial charge is 0.342 e. The Hall–Kier alpha value is -6.54. The standard InChI is InChI=1S/C27H27N9O12/c1-16-28-13-22(34(40)41)31(16)4-7-46-25(37)19-10-20(26(38)47-8-5-32-17(2)29-14-23(32)35(42)43)12-21(11-19)27(39)48-9-6-33-18(3)30-15-24(33)36(44)45/h10-15H,4-9H2,1-3H3. The van der Waals surface area contributed by atoms with E-state index in [1.165, 1.54) is 34.5 Å². The number of aryl methyl sites for hydroxylation is 3. The maximum atomic E-state index is 13.0. The average molecular weight is 670 g/mol. The predicted octanol–water partition coefficient (Wildman–Crippen LogP) is 2.50. The van der Waals surface area contributed by atoms with Crippen molar-refractivity contribution >= 4 is 35.4 Å². The molecule has 0 amide bonds. The Labute approximate surface area is 269 Å². The Balaban J connectivity index is 1.51. The van der Waals surface area contributed by atoms with E-state index in [0.717, 1.165) is 36.8 Å². The molecule has 0 fully saturated rings. The number of aromatic nitrogens is 6. The third kappa shape index (κ3) is 7.81. The molecule has 0 aliphatic rings. The van der Waals surface area contributed by atoms with Gasteiger partial charge in [-0.3, -0.25) is 0 Å². The number of rotatable bonds is 15. The van der Waals surface area contributed by atoms with Gasteiger partial charge in [-0.15, -0.1) is 0 Å². The van der Waals surface area contributed by atoms with Gasteiger partial charge in [-0.1, -0.05) is 0 Å². The lowest BCUT2D eigenvalue weighted by atomic mass is 10.1. The van der Waals surface area contributed by atoms with Crippen LogP contribution in [0.5, 0.6) is 0 Å². The van der Waals surface area contributed by atoms with Crippen molar-refractivity contribution in [3.05, 3.63) is 101 Å². The van der Waals surface area contributed by atoms with Crippen molar-refractivity contribution in [1.29, 1.82) is 0 Å². The zero-order chi connectivity index (χ0) is 35.1. The van der Waals surface area contributed by atoms with Crippen molar-refractivity contribution in [2.24, 2.45) is 0 Å². The lowest BCUT2D eigenvalue weighted by Crippen LogP contribution is -2.18. The molecule has 0 bridgehead atoms. The number of imidazole rings is 3. The Morgan fingerprint density at radius 1 is 0.562 bits per heavy atom. The third-order valence-electron chi connectivity index (χ3n) is 6.95. The molecule has 252 valence electrons. The molecule has 21 heteroatoms. The van der Waals surface area contributed by atoms with E-state index in [-0.39, 0.29) is 73.6 Å².